The molecule has 1 unspecified atom stereocenters. The minimum atomic E-state index is -4.11. The van der Waals surface area contributed by atoms with E-state index in [1.807, 2.05) is 20.8 Å². The standard InChI is InChI=1S/C26H38O11S2/c1-4-31-13-14-32-15-16-34-21-26(37-39(29,30)25-11-7-23(3)8-12-25)35-19-17-33-18-20-36-38(27,28)24-9-5-22(2)6-10-24/h5-12,26H,4,13-21H2,1-3H3. The molecule has 1 atom stereocenters. The van der Waals surface area contributed by atoms with Gasteiger partial charge >= 0.3 is 0 Å². The Balaban J connectivity index is 1.77. The van der Waals surface area contributed by atoms with E-state index in [0.717, 1.165) is 11.1 Å². The summed E-state index contributed by atoms with van der Waals surface area (Å²) >= 11 is 0. The molecule has 2 rings (SSSR count). The largest absolute Gasteiger partial charge is 0.379 e. The SMILES string of the molecule is CCOCCOCCOCC(OCCOCCOS(=O)(=O)c1ccc(C)cc1)OS(=O)(=O)c1ccc(C)cc1. The Bertz CT molecular complexity index is 1150. The summed E-state index contributed by atoms with van der Waals surface area (Å²) in [5.74, 6) is 0. The highest BCUT2D eigenvalue weighted by atomic mass is 32.2. The molecule has 0 N–H and O–H groups in total. The normalized spacial score (nSPS) is 13.0. The molecule has 220 valence electrons. The highest BCUT2D eigenvalue weighted by Gasteiger charge is 2.23. The van der Waals surface area contributed by atoms with Gasteiger partial charge in [-0.25, -0.2) is 4.18 Å². The van der Waals surface area contributed by atoms with Crippen LogP contribution >= 0.6 is 0 Å². The van der Waals surface area contributed by atoms with E-state index < -0.39 is 26.5 Å². The lowest BCUT2D eigenvalue weighted by Gasteiger charge is -2.18. The minimum Gasteiger partial charge on any atom is -0.379 e. The lowest BCUT2D eigenvalue weighted by atomic mass is 10.2. The first kappa shape index (κ1) is 33.3. The molecule has 0 heterocycles. The Morgan fingerprint density at radius 3 is 1.62 bits per heavy atom. The van der Waals surface area contributed by atoms with Crippen LogP contribution in [0.25, 0.3) is 0 Å². The lowest BCUT2D eigenvalue weighted by Crippen LogP contribution is -2.29. The first-order valence-corrected chi connectivity index (χ1v) is 15.3. The van der Waals surface area contributed by atoms with Crippen molar-refractivity contribution >= 4 is 20.2 Å². The quantitative estimate of drug-likeness (QED) is 0.121. The van der Waals surface area contributed by atoms with Gasteiger partial charge in [0.1, 0.15) is 0 Å². The number of benzene rings is 2. The van der Waals surface area contributed by atoms with E-state index in [1.54, 1.807) is 24.3 Å². The minimum absolute atomic E-state index is 0.0101. The zero-order chi connectivity index (χ0) is 28.6. The molecule has 13 heteroatoms. The van der Waals surface area contributed by atoms with Crippen molar-refractivity contribution in [2.75, 3.05) is 66.1 Å². The monoisotopic (exact) mass is 590 g/mol. The second-order valence-corrected chi connectivity index (χ2v) is 11.4. The number of hydrogen-bond acceptors (Lipinski definition) is 11. The van der Waals surface area contributed by atoms with Crippen molar-refractivity contribution in [2.45, 2.75) is 36.9 Å². The smallest absolute Gasteiger partial charge is 0.299 e. The highest BCUT2D eigenvalue weighted by molar-refractivity contribution is 7.87. The van der Waals surface area contributed by atoms with E-state index in [0.29, 0.717) is 26.4 Å². The molecule has 0 aromatic heterocycles. The first-order valence-electron chi connectivity index (χ1n) is 12.5. The van der Waals surface area contributed by atoms with Gasteiger partial charge < -0.3 is 23.7 Å². The Hall–Kier alpha value is -1.94. The highest BCUT2D eigenvalue weighted by Crippen LogP contribution is 2.16. The summed E-state index contributed by atoms with van der Waals surface area (Å²) in [6.07, 6.45) is -1.23. The molecule has 0 aliphatic heterocycles. The van der Waals surface area contributed by atoms with Gasteiger partial charge in [-0.3, -0.25) is 4.18 Å². The van der Waals surface area contributed by atoms with E-state index in [4.69, 9.17) is 32.1 Å². The van der Waals surface area contributed by atoms with Gasteiger partial charge in [-0.1, -0.05) is 35.4 Å². The van der Waals surface area contributed by atoms with Crippen LogP contribution in [0.1, 0.15) is 18.1 Å². The van der Waals surface area contributed by atoms with Gasteiger partial charge in [0.25, 0.3) is 20.2 Å². The van der Waals surface area contributed by atoms with E-state index in [1.165, 1.54) is 24.3 Å². The Morgan fingerprint density at radius 1 is 0.590 bits per heavy atom. The van der Waals surface area contributed by atoms with Crippen LogP contribution in [0.15, 0.2) is 58.3 Å². The van der Waals surface area contributed by atoms with Crippen molar-refractivity contribution in [1.82, 2.24) is 0 Å². The second-order valence-electron chi connectivity index (χ2n) is 8.25. The molecule has 0 saturated carbocycles. The van der Waals surface area contributed by atoms with Crippen molar-refractivity contribution in [3.05, 3.63) is 59.7 Å². The topological polar surface area (TPSA) is 133 Å². The summed E-state index contributed by atoms with van der Waals surface area (Å²) < 4.78 is 86.9. The van der Waals surface area contributed by atoms with Crippen molar-refractivity contribution in [3.8, 4) is 0 Å². The Labute approximate surface area is 231 Å². The van der Waals surface area contributed by atoms with Crippen LogP contribution in [-0.4, -0.2) is 89.2 Å². The van der Waals surface area contributed by atoms with Gasteiger partial charge in [0.05, 0.1) is 69.3 Å². The van der Waals surface area contributed by atoms with Gasteiger partial charge in [0, 0.05) is 6.61 Å². The van der Waals surface area contributed by atoms with Crippen LogP contribution in [0.4, 0.5) is 0 Å². The van der Waals surface area contributed by atoms with Gasteiger partial charge in [-0.05, 0) is 45.0 Å². The van der Waals surface area contributed by atoms with Crippen LogP contribution in [0, 0.1) is 13.8 Å². The summed E-state index contributed by atoms with van der Waals surface area (Å²) in [6, 6.07) is 12.5. The maximum absolute atomic E-state index is 12.7. The summed E-state index contributed by atoms with van der Waals surface area (Å²) in [4.78, 5) is 0.0510. The zero-order valence-electron chi connectivity index (χ0n) is 22.6. The van der Waals surface area contributed by atoms with Gasteiger partial charge in [0.2, 0.25) is 0 Å². The predicted molar refractivity (Wildman–Crippen MR) is 142 cm³/mol. The molecule has 0 saturated heterocycles. The molecule has 0 amide bonds. The van der Waals surface area contributed by atoms with Crippen LogP contribution in [0.3, 0.4) is 0 Å². The van der Waals surface area contributed by atoms with Crippen LogP contribution in [-0.2, 0) is 52.3 Å². The summed E-state index contributed by atoms with van der Waals surface area (Å²) in [5, 5.41) is 0. The molecule has 0 aliphatic carbocycles. The second kappa shape index (κ2) is 17.7. The van der Waals surface area contributed by atoms with Gasteiger partial charge in [-0.2, -0.15) is 16.8 Å². The van der Waals surface area contributed by atoms with Crippen molar-refractivity contribution in [2.24, 2.45) is 0 Å². The zero-order valence-corrected chi connectivity index (χ0v) is 24.2. The molecule has 11 nitrogen and oxygen atoms in total. The van der Waals surface area contributed by atoms with E-state index in [9.17, 15) is 16.8 Å². The van der Waals surface area contributed by atoms with Crippen LogP contribution in [0.5, 0.6) is 0 Å². The fraction of sp³-hybridized carbons (Fsp3) is 0.538. The van der Waals surface area contributed by atoms with E-state index in [-0.39, 0.29) is 49.4 Å². The first-order chi connectivity index (χ1) is 18.6. The number of rotatable bonds is 21. The molecular weight excluding hydrogens is 552 g/mol. The summed E-state index contributed by atoms with van der Waals surface area (Å²) in [7, 11) is -8.00. The fourth-order valence-corrected chi connectivity index (χ4v) is 4.85. The average Bonchev–Trinajstić information content (AvgIpc) is 2.89. The summed E-state index contributed by atoms with van der Waals surface area (Å²) in [5.41, 5.74) is 1.84. The third kappa shape index (κ3) is 13.3. The van der Waals surface area contributed by atoms with Crippen LogP contribution in [0.2, 0.25) is 0 Å². The molecular formula is C26H38O11S2. The third-order valence-corrected chi connectivity index (χ3v) is 7.70. The van der Waals surface area contributed by atoms with Crippen molar-refractivity contribution < 1.29 is 48.9 Å². The molecule has 0 aliphatic rings. The number of ether oxygens (including phenoxy) is 5. The van der Waals surface area contributed by atoms with Crippen molar-refractivity contribution in [1.29, 1.82) is 0 Å². The van der Waals surface area contributed by atoms with Crippen LogP contribution < -0.4 is 0 Å². The number of aryl methyl sites for hydroxylation is 2. The molecule has 2 aromatic rings. The lowest BCUT2D eigenvalue weighted by molar-refractivity contribution is -0.132. The third-order valence-electron chi connectivity index (χ3n) is 5.05. The van der Waals surface area contributed by atoms with Crippen molar-refractivity contribution in [3.63, 3.8) is 0 Å². The molecule has 0 radical (unpaired) electrons. The summed E-state index contributed by atoms with van der Waals surface area (Å²) in [6.45, 7) is 7.21. The Morgan fingerprint density at radius 2 is 1.05 bits per heavy atom. The van der Waals surface area contributed by atoms with E-state index >= 15 is 0 Å². The molecule has 0 fully saturated rings. The predicted octanol–water partition coefficient (Wildman–Crippen LogP) is 2.84. The fourth-order valence-electron chi connectivity index (χ4n) is 2.98. The molecule has 2 aromatic carbocycles. The maximum Gasteiger partial charge on any atom is 0.299 e. The average molecular weight is 591 g/mol. The van der Waals surface area contributed by atoms with E-state index in [2.05, 4.69) is 0 Å². The van der Waals surface area contributed by atoms with Gasteiger partial charge in [-0.15, -0.1) is 0 Å². The molecule has 0 bridgehead atoms. The number of hydrogen-bond donors (Lipinski definition) is 0. The molecule has 0 spiro atoms. The van der Waals surface area contributed by atoms with Gasteiger partial charge in [0.15, 0.2) is 6.29 Å². The maximum atomic E-state index is 12.7. The molecule has 39 heavy (non-hydrogen) atoms. The Kier molecular flexibility index (Phi) is 15.1.